The summed E-state index contributed by atoms with van der Waals surface area (Å²) in [4.78, 5) is 42.9. The summed E-state index contributed by atoms with van der Waals surface area (Å²) < 4.78 is 3.35. The second kappa shape index (κ2) is 7.62. The van der Waals surface area contributed by atoms with Crippen molar-refractivity contribution in [3.05, 3.63) is 81.3 Å². The van der Waals surface area contributed by atoms with Crippen molar-refractivity contribution < 1.29 is 14.7 Å². The highest BCUT2D eigenvalue weighted by Crippen LogP contribution is 2.23. The third-order valence-electron chi connectivity index (χ3n) is 5.57. The van der Waals surface area contributed by atoms with Crippen molar-refractivity contribution in [2.24, 2.45) is 0 Å². The number of aryl methyl sites for hydroxylation is 1. The van der Waals surface area contributed by atoms with Gasteiger partial charge in [-0.05, 0) is 36.1 Å². The van der Waals surface area contributed by atoms with Crippen LogP contribution in [0.3, 0.4) is 0 Å². The number of hydrogen-bond acceptors (Lipinski definition) is 4. The van der Waals surface area contributed by atoms with E-state index in [0.717, 1.165) is 11.4 Å². The van der Waals surface area contributed by atoms with E-state index in [9.17, 15) is 19.5 Å². The van der Waals surface area contributed by atoms with E-state index in [4.69, 9.17) is 0 Å². The van der Waals surface area contributed by atoms with Gasteiger partial charge in [-0.3, -0.25) is 14.2 Å². The maximum absolute atomic E-state index is 13.2. The Bertz CT molecular complexity index is 1210. The van der Waals surface area contributed by atoms with E-state index in [1.807, 2.05) is 35.9 Å². The third kappa shape index (κ3) is 3.41. The van der Waals surface area contributed by atoms with Crippen molar-refractivity contribution in [3.63, 3.8) is 0 Å². The number of fused-ring (bicyclic) bond motifs is 1. The number of para-hydroxylation sites is 1. The summed E-state index contributed by atoms with van der Waals surface area (Å²) >= 11 is 0. The number of hydrogen-bond donors (Lipinski definition) is 1. The van der Waals surface area contributed by atoms with Gasteiger partial charge in [0.15, 0.2) is 0 Å². The van der Waals surface area contributed by atoms with Crippen LogP contribution in [0.25, 0.3) is 5.69 Å². The number of carboxylic acids is 1. The Kier molecular flexibility index (Phi) is 4.99. The molecule has 0 bridgehead atoms. The van der Waals surface area contributed by atoms with Gasteiger partial charge in [-0.2, -0.15) is 0 Å². The number of benzene rings is 1. The molecule has 8 heteroatoms. The fourth-order valence-corrected chi connectivity index (χ4v) is 3.96. The van der Waals surface area contributed by atoms with Crippen molar-refractivity contribution in [1.29, 1.82) is 0 Å². The van der Waals surface area contributed by atoms with Crippen LogP contribution in [0.1, 0.15) is 39.8 Å². The van der Waals surface area contributed by atoms with Crippen LogP contribution >= 0.6 is 0 Å². The Balaban J connectivity index is 1.88. The number of carbonyl (C=O) groups excluding carboxylic acids is 1. The van der Waals surface area contributed by atoms with Gasteiger partial charge in [-0.1, -0.05) is 18.2 Å². The Morgan fingerprint density at radius 1 is 1.23 bits per heavy atom. The third-order valence-corrected chi connectivity index (χ3v) is 5.57. The van der Waals surface area contributed by atoms with Crippen molar-refractivity contribution in [2.75, 3.05) is 6.54 Å². The summed E-state index contributed by atoms with van der Waals surface area (Å²) in [5.41, 5.74) is 1.89. The second-order valence-electron chi connectivity index (χ2n) is 7.41. The molecule has 154 valence electrons. The molecule has 0 spiro atoms. The number of amides is 1. The van der Waals surface area contributed by atoms with Gasteiger partial charge in [0, 0.05) is 38.6 Å². The highest BCUT2D eigenvalue weighted by atomic mass is 16.4. The average Bonchev–Trinajstić information content (AvgIpc) is 3.11. The van der Waals surface area contributed by atoms with E-state index < -0.39 is 11.5 Å². The van der Waals surface area contributed by atoms with Crippen LogP contribution in [0.15, 0.2) is 47.7 Å². The molecule has 1 N–H and O–H groups in total. The summed E-state index contributed by atoms with van der Waals surface area (Å²) in [6, 6.07) is 7.40. The first-order chi connectivity index (χ1) is 14.4. The smallest absolute Gasteiger partial charge is 0.341 e. The number of aromatic carboxylic acids is 1. The minimum atomic E-state index is -1.25. The fourth-order valence-electron chi connectivity index (χ4n) is 3.96. The van der Waals surface area contributed by atoms with Crippen molar-refractivity contribution in [1.82, 2.24) is 19.0 Å². The number of pyridine rings is 1. The normalized spacial score (nSPS) is 13.2. The predicted molar refractivity (Wildman–Crippen MR) is 110 cm³/mol. The number of aromatic nitrogens is 3. The first-order valence-electron chi connectivity index (χ1n) is 9.69. The molecule has 1 aliphatic rings. The zero-order valence-electron chi connectivity index (χ0n) is 16.8. The number of rotatable bonds is 4. The lowest BCUT2D eigenvalue weighted by atomic mass is 9.96. The van der Waals surface area contributed by atoms with Crippen LogP contribution in [0.2, 0.25) is 0 Å². The molecule has 0 aliphatic carbocycles. The highest BCUT2D eigenvalue weighted by molar-refractivity contribution is 5.89. The molecule has 8 nitrogen and oxygen atoms in total. The van der Waals surface area contributed by atoms with E-state index in [2.05, 4.69) is 4.98 Å². The Morgan fingerprint density at radius 2 is 2.00 bits per heavy atom. The molecule has 0 unspecified atom stereocenters. The summed E-state index contributed by atoms with van der Waals surface area (Å²) in [6.07, 6.45) is 5.60. The maximum atomic E-state index is 13.2. The quantitative estimate of drug-likeness (QED) is 0.715. The number of carbonyl (C=O) groups is 2. The summed E-state index contributed by atoms with van der Waals surface area (Å²) in [7, 11) is 0. The fraction of sp³-hybridized carbons (Fsp3) is 0.273. The van der Waals surface area contributed by atoms with Crippen LogP contribution in [-0.4, -0.2) is 42.5 Å². The van der Waals surface area contributed by atoms with Crippen LogP contribution in [-0.2, 0) is 24.3 Å². The molecule has 30 heavy (non-hydrogen) atoms. The molecule has 0 saturated heterocycles. The molecule has 0 radical (unpaired) electrons. The largest absolute Gasteiger partial charge is 0.477 e. The van der Waals surface area contributed by atoms with Gasteiger partial charge in [0.25, 0.3) is 5.56 Å². The zero-order valence-corrected chi connectivity index (χ0v) is 16.8. The van der Waals surface area contributed by atoms with Gasteiger partial charge < -0.3 is 14.6 Å². The first-order valence-corrected chi connectivity index (χ1v) is 9.69. The minimum Gasteiger partial charge on any atom is -0.477 e. The Labute approximate surface area is 173 Å². The lowest BCUT2D eigenvalue weighted by Crippen LogP contribution is -2.38. The second-order valence-corrected chi connectivity index (χ2v) is 7.41. The molecule has 3 heterocycles. The standard InChI is InChI=1S/C22H22N4O4/c1-14-23-8-10-24(14)11-16-5-3-4-6-19(16)26-13-17-12-25(15(2)27)9-7-18(17)20(21(26)28)22(29)30/h3-6,8,10,13H,7,9,11-12H2,1-2H3,(H,29,30). The number of imidazole rings is 1. The molecule has 4 rings (SSSR count). The van der Waals surface area contributed by atoms with Crippen molar-refractivity contribution in [2.45, 2.75) is 33.4 Å². The molecule has 1 aliphatic heterocycles. The Hall–Kier alpha value is -3.68. The van der Waals surface area contributed by atoms with Crippen LogP contribution < -0.4 is 5.56 Å². The van der Waals surface area contributed by atoms with Crippen LogP contribution in [0, 0.1) is 6.92 Å². The minimum absolute atomic E-state index is 0.0775. The van der Waals surface area contributed by atoms with E-state index in [0.29, 0.717) is 36.3 Å². The predicted octanol–water partition coefficient (Wildman–Crippen LogP) is 1.99. The molecule has 2 aromatic heterocycles. The molecular weight excluding hydrogens is 384 g/mol. The van der Waals surface area contributed by atoms with Gasteiger partial charge in [-0.15, -0.1) is 0 Å². The zero-order chi connectivity index (χ0) is 21.4. The molecule has 1 aromatic carbocycles. The van der Waals surface area contributed by atoms with Gasteiger partial charge in [-0.25, -0.2) is 9.78 Å². The molecule has 0 atom stereocenters. The molecule has 1 amide bonds. The topological polar surface area (TPSA) is 97.4 Å². The summed E-state index contributed by atoms with van der Waals surface area (Å²) in [5, 5.41) is 9.77. The van der Waals surface area contributed by atoms with Gasteiger partial charge in [0.2, 0.25) is 5.91 Å². The van der Waals surface area contributed by atoms with Crippen LogP contribution in [0.5, 0.6) is 0 Å². The molecule has 0 saturated carbocycles. The van der Waals surface area contributed by atoms with Crippen molar-refractivity contribution in [3.8, 4) is 5.69 Å². The maximum Gasteiger partial charge on any atom is 0.341 e. The van der Waals surface area contributed by atoms with Crippen LogP contribution in [0.4, 0.5) is 0 Å². The van der Waals surface area contributed by atoms with Crippen molar-refractivity contribution >= 4 is 11.9 Å². The van der Waals surface area contributed by atoms with E-state index in [-0.39, 0.29) is 18.0 Å². The first kappa shape index (κ1) is 19.6. The monoisotopic (exact) mass is 406 g/mol. The van der Waals surface area contributed by atoms with Gasteiger partial charge in [0.05, 0.1) is 12.2 Å². The molecular formula is C22H22N4O4. The Morgan fingerprint density at radius 3 is 2.67 bits per heavy atom. The molecule has 0 fully saturated rings. The van der Waals surface area contributed by atoms with E-state index in [1.165, 1.54) is 11.5 Å². The SMILES string of the molecule is CC(=O)N1CCc2c(cn(-c3ccccc3Cn3ccnc3C)c(=O)c2C(=O)O)C1. The van der Waals surface area contributed by atoms with E-state index in [1.54, 1.807) is 23.4 Å². The lowest BCUT2D eigenvalue weighted by molar-refractivity contribution is -0.129. The lowest BCUT2D eigenvalue weighted by Gasteiger charge is -2.29. The average molecular weight is 406 g/mol. The summed E-state index contributed by atoms with van der Waals surface area (Å²) in [5.74, 6) is -0.484. The number of carboxylic acid groups (broad SMARTS) is 1. The highest BCUT2D eigenvalue weighted by Gasteiger charge is 2.27. The summed E-state index contributed by atoms with van der Waals surface area (Å²) in [6.45, 7) is 4.57. The molecule has 3 aromatic rings. The van der Waals surface area contributed by atoms with Gasteiger partial charge in [0.1, 0.15) is 11.4 Å². The van der Waals surface area contributed by atoms with E-state index >= 15 is 0 Å². The van der Waals surface area contributed by atoms with Gasteiger partial charge >= 0.3 is 5.97 Å². The number of nitrogens with zero attached hydrogens (tertiary/aromatic N) is 4.